The minimum atomic E-state index is -4.04. The summed E-state index contributed by atoms with van der Waals surface area (Å²) in [4.78, 5) is 3.55. The molecule has 2 aromatic heterocycles. The first-order valence-corrected chi connectivity index (χ1v) is 7.54. The van der Waals surface area contributed by atoms with Crippen LogP contribution < -0.4 is 5.14 Å². The number of halogens is 1. The summed E-state index contributed by atoms with van der Waals surface area (Å²) in [6.45, 7) is 0. The number of nitrogens with two attached hydrogens (primary N) is 1. The smallest absolute Gasteiger partial charge is 0.225 e. The molecule has 0 aliphatic carbocycles. The first-order valence-electron chi connectivity index (χ1n) is 5.99. The Morgan fingerprint density at radius 3 is 2.55 bits per heavy atom. The van der Waals surface area contributed by atoms with Crippen LogP contribution in [0.5, 0.6) is 0 Å². The molecule has 0 saturated heterocycles. The second-order valence-corrected chi connectivity index (χ2v) is 5.83. The van der Waals surface area contributed by atoms with Crippen molar-refractivity contribution in [3.63, 3.8) is 0 Å². The summed E-state index contributed by atoms with van der Waals surface area (Å²) in [5, 5.41) is 18.4. The fourth-order valence-electron chi connectivity index (χ4n) is 2.04. The number of benzene rings is 1. The van der Waals surface area contributed by atoms with Crippen molar-refractivity contribution in [2.24, 2.45) is 5.14 Å². The molecule has 0 saturated carbocycles. The molecule has 3 aromatic rings. The van der Waals surface area contributed by atoms with Crippen molar-refractivity contribution in [1.29, 1.82) is 0 Å². The van der Waals surface area contributed by atoms with E-state index in [4.69, 9.17) is 5.14 Å². The van der Waals surface area contributed by atoms with Crippen molar-refractivity contribution in [3.05, 3.63) is 42.3 Å². The molecule has 112 valence electrons. The molecular formula is C12H9FN6O2S. The molecule has 0 radical (unpaired) electrons. The van der Waals surface area contributed by atoms with Crippen molar-refractivity contribution in [2.45, 2.75) is 4.90 Å². The number of sulfonamides is 1. The van der Waals surface area contributed by atoms with Gasteiger partial charge in [-0.15, -0.1) is 10.2 Å². The van der Waals surface area contributed by atoms with Gasteiger partial charge in [-0.3, -0.25) is 0 Å². The molecule has 0 atom stereocenters. The summed E-state index contributed by atoms with van der Waals surface area (Å²) in [5.74, 6) is -0.678. The maximum absolute atomic E-state index is 13.4. The SMILES string of the molecule is NS(=O)(=O)c1cccc(-c2cccc(F)n2)c1-c1nn[nH]n1. The molecule has 0 aliphatic heterocycles. The minimum absolute atomic E-state index is 0.0192. The van der Waals surface area contributed by atoms with Gasteiger partial charge >= 0.3 is 0 Å². The highest BCUT2D eigenvalue weighted by atomic mass is 32.2. The van der Waals surface area contributed by atoms with Crippen molar-refractivity contribution in [1.82, 2.24) is 25.6 Å². The Morgan fingerprint density at radius 1 is 1.14 bits per heavy atom. The van der Waals surface area contributed by atoms with Crippen molar-refractivity contribution < 1.29 is 12.8 Å². The van der Waals surface area contributed by atoms with Gasteiger partial charge in [0.05, 0.1) is 16.2 Å². The summed E-state index contributed by atoms with van der Waals surface area (Å²) >= 11 is 0. The fourth-order valence-corrected chi connectivity index (χ4v) is 2.79. The van der Waals surface area contributed by atoms with Crippen molar-refractivity contribution in [3.8, 4) is 22.6 Å². The Balaban J connectivity index is 2.36. The predicted molar refractivity (Wildman–Crippen MR) is 74.2 cm³/mol. The van der Waals surface area contributed by atoms with Crippen molar-refractivity contribution in [2.75, 3.05) is 0 Å². The predicted octanol–water partition coefficient (Wildman–Crippen LogP) is 0.715. The van der Waals surface area contributed by atoms with Gasteiger partial charge in [-0.05, 0) is 23.4 Å². The number of tetrazole rings is 1. The zero-order chi connectivity index (χ0) is 15.7. The number of hydrogen-bond acceptors (Lipinski definition) is 6. The highest BCUT2D eigenvalue weighted by molar-refractivity contribution is 7.89. The molecule has 22 heavy (non-hydrogen) atoms. The lowest BCUT2D eigenvalue weighted by Gasteiger charge is -2.10. The van der Waals surface area contributed by atoms with E-state index in [1.54, 1.807) is 6.07 Å². The average Bonchev–Trinajstić information content (AvgIpc) is 2.99. The molecule has 0 amide bonds. The number of primary sulfonamides is 1. The van der Waals surface area contributed by atoms with Gasteiger partial charge in [-0.1, -0.05) is 18.2 Å². The largest absolute Gasteiger partial charge is 0.238 e. The molecule has 2 heterocycles. The van der Waals surface area contributed by atoms with E-state index < -0.39 is 16.0 Å². The van der Waals surface area contributed by atoms with Crippen LogP contribution in [0.4, 0.5) is 4.39 Å². The Morgan fingerprint density at radius 2 is 1.91 bits per heavy atom. The number of rotatable bonds is 3. The van der Waals surface area contributed by atoms with Crippen LogP contribution in [0.25, 0.3) is 22.6 Å². The van der Waals surface area contributed by atoms with Gasteiger partial charge in [0.1, 0.15) is 0 Å². The minimum Gasteiger partial charge on any atom is -0.225 e. The highest BCUT2D eigenvalue weighted by Crippen LogP contribution is 2.33. The normalized spacial score (nSPS) is 11.5. The number of H-pyrrole nitrogens is 1. The number of nitrogens with one attached hydrogen (secondary N) is 1. The summed E-state index contributed by atoms with van der Waals surface area (Å²) in [5.41, 5.74) is 0.662. The van der Waals surface area contributed by atoms with Crippen LogP contribution in [0.1, 0.15) is 0 Å². The average molecular weight is 320 g/mol. The van der Waals surface area contributed by atoms with E-state index in [1.807, 2.05) is 0 Å². The lowest BCUT2D eigenvalue weighted by molar-refractivity contribution is 0.585. The maximum atomic E-state index is 13.4. The molecule has 0 aliphatic rings. The number of hydrogen-bond donors (Lipinski definition) is 2. The molecule has 3 rings (SSSR count). The lowest BCUT2D eigenvalue weighted by Crippen LogP contribution is -2.14. The van der Waals surface area contributed by atoms with E-state index in [9.17, 15) is 12.8 Å². The summed E-state index contributed by atoms with van der Waals surface area (Å²) in [7, 11) is -4.04. The number of pyridine rings is 1. The second-order valence-electron chi connectivity index (χ2n) is 4.30. The van der Waals surface area contributed by atoms with Gasteiger partial charge in [0, 0.05) is 5.56 Å². The molecule has 0 unspecified atom stereocenters. The van der Waals surface area contributed by atoms with E-state index in [2.05, 4.69) is 25.6 Å². The van der Waals surface area contributed by atoms with Crippen LogP contribution in [0, 0.1) is 5.95 Å². The fraction of sp³-hybridized carbons (Fsp3) is 0. The summed E-state index contributed by atoms with van der Waals surface area (Å²) < 4.78 is 37.0. The Kier molecular flexibility index (Phi) is 3.39. The number of nitrogens with zero attached hydrogens (tertiary/aromatic N) is 4. The molecular weight excluding hydrogens is 311 g/mol. The van der Waals surface area contributed by atoms with Crippen LogP contribution in [0.3, 0.4) is 0 Å². The molecule has 0 spiro atoms. The Bertz CT molecular complexity index is 927. The van der Waals surface area contributed by atoms with E-state index >= 15 is 0 Å². The van der Waals surface area contributed by atoms with Gasteiger partial charge in [0.2, 0.25) is 21.8 Å². The van der Waals surface area contributed by atoms with Crippen molar-refractivity contribution >= 4 is 10.0 Å². The third kappa shape index (κ3) is 2.56. The molecule has 0 fully saturated rings. The van der Waals surface area contributed by atoms with Gasteiger partial charge < -0.3 is 0 Å². The number of aromatic nitrogens is 5. The highest BCUT2D eigenvalue weighted by Gasteiger charge is 2.22. The van der Waals surface area contributed by atoms with Gasteiger partial charge in [-0.25, -0.2) is 18.5 Å². The zero-order valence-electron chi connectivity index (χ0n) is 10.9. The second kappa shape index (κ2) is 5.24. The third-order valence-electron chi connectivity index (χ3n) is 2.89. The molecule has 3 N–H and O–H groups in total. The monoisotopic (exact) mass is 320 g/mol. The van der Waals surface area contributed by atoms with Crippen LogP contribution in [-0.4, -0.2) is 34.0 Å². The summed E-state index contributed by atoms with van der Waals surface area (Å²) in [6.07, 6.45) is 0. The quantitative estimate of drug-likeness (QED) is 0.684. The van der Waals surface area contributed by atoms with E-state index in [1.165, 1.54) is 30.3 Å². The van der Waals surface area contributed by atoms with Gasteiger partial charge in [0.15, 0.2) is 0 Å². The van der Waals surface area contributed by atoms with Crippen LogP contribution in [-0.2, 0) is 10.0 Å². The van der Waals surface area contributed by atoms with Crippen LogP contribution in [0.2, 0.25) is 0 Å². The topological polar surface area (TPSA) is 128 Å². The van der Waals surface area contributed by atoms with E-state index in [-0.39, 0.29) is 22.0 Å². The Hall–Kier alpha value is -2.72. The molecule has 1 aromatic carbocycles. The van der Waals surface area contributed by atoms with E-state index in [0.29, 0.717) is 5.56 Å². The standard InChI is InChI=1S/C12H9FN6O2S/c13-10-6-2-4-8(15-10)7-3-1-5-9(22(14,20)21)11(7)12-16-18-19-17-12/h1-6H,(H2,14,20,21)(H,16,17,18,19). The number of aromatic amines is 1. The molecule has 10 heteroatoms. The maximum Gasteiger partial charge on any atom is 0.238 e. The zero-order valence-corrected chi connectivity index (χ0v) is 11.7. The van der Waals surface area contributed by atoms with Crippen LogP contribution in [0.15, 0.2) is 41.3 Å². The third-order valence-corrected chi connectivity index (χ3v) is 3.85. The van der Waals surface area contributed by atoms with Gasteiger partial charge in [0.25, 0.3) is 0 Å². The molecule has 8 nitrogen and oxygen atoms in total. The first kappa shape index (κ1) is 14.2. The first-order chi connectivity index (χ1) is 10.5. The van der Waals surface area contributed by atoms with Gasteiger partial charge in [-0.2, -0.15) is 9.60 Å². The summed E-state index contributed by atoms with van der Waals surface area (Å²) in [6, 6.07) is 8.54. The van der Waals surface area contributed by atoms with Crippen LogP contribution >= 0.6 is 0 Å². The lowest BCUT2D eigenvalue weighted by atomic mass is 10.0. The Labute approximate surface area is 124 Å². The molecule has 0 bridgehead atoms. The van der Waals surface area contributed by atoms with E-state index in [0.717, 1.165) is 0 Å².